The third-order valence-electron chi connectivity index (χ3n) is 6.64. The lowest BCUT2D eigenvalue weighted by atomic mass is 10.1. The number of para-hydroxylation sites is 2. The highest BCUT2D eigenvalue weighted by atomic mass is 15.4. The number of aryl methyl sites for hydroxylation is 1. The second-order valence-electron chi connectivity index (χ2n) is 9.14. The SMILES string of the molecule is Cc1nn(-c2ccccc2)c(N2CCCCC2)c1/C=N/Nc1nc(-c2ccncc2)nc2ccccc12. The Hall–Kier alpha value is -4.59. The topological polar surface area (TPSA) is 84.1 Å². The van der Waals surface area contributed by atoms with Gasteiger partial charge in [-0.15, -0.1) is 0 Å². The van der Waals surface area contributed by atoms with Gasteiger partial charge in [-0.05, 0) is 62.6 Å². The molecule has 0 saturated carbocycles. The molecular formula is C29H28N8. The van der Waals surface area contributed by atoms with Crippen LogP contribution in [-0.2, 0) is 0 Å². The highest BCUT2D eigenvalue weighted by Gasteiger charge is 2.22. The number of hydrazone groups is 1. The fourth-order valence-corrected chi connectivity index (χ4v) is 4.79. The van der Waals surface area contributed by atoms with E-state index in [1.54, 1.807) is 12.4 Å². The highest BCUT2D eigenvalue weighted by Crippen LogP contribution is 2.29. The summed E-state index contributed by atoms with van der Waals surface area (Å²) in [6.45, 7) is 4.06. The number of piperidine rings is 1. The minimum atomic E-state index is 0.626. The van der Waals surface area contributed by atoms with Crippen LogP contribution in [0.25, 0.3) is 28.0 Å². The molecule has 184 valence electrons. The average molecular weight is 489 g/mol. The molecule has 1 aliphatic heterocycles. The van der Waals surface area contributed by atoms with Crippen LogP contribution in [0.3, 0.4) is 0 Å². The Morgan fingerprint density at radius 1 is 0.865 bits per heavy atom. The molecule has 1 aliphatic rings. The summed E-state index contributed by atoms with van der Waals surface area (Å²) < 4.78 is 2.05. The molecule has 5 aromatic rings. The third kappa shape index (κ3) is 4.65. The Labute approximate surface area is 215 Å². The Balaban J connectivity index is 1.38. The summed E-state index contributed by atoms with van der Waals surface area (Å²) in [4.78, 5) is 16.1. The van der Waals surface area contributed by atoms with E-state index in [9.17, 15) is 0 Å². The van der Waals surface area contributed by atoms with Gasteiger partial charge >= 0.3 is 0 Å². The van der Waals surface area contributed by atoms with Gasteiger partial charge in [0.1, 0.15) is 5.82 Å². The Bertz CT molecular complexity index is 1540. The lowest BCUT2D eigenvalue weighted by molar-refractivity contribution is 0.567. The van der Waals surface area contributed by atoms with Crippen molar-refractivity contribution in [3.8, 4) is 17.1 Å². The van der Waals surface area contributed by atoms with Crippen molar-refractivity contribution in [1.82, 2.24) is 24.7 Å². The van der Waals surface area contributed by atoms with Crippen LogP contribution >= 0.6 is 0 Å². The van der Waals surface area contributed by atoms with Crippen molar-refractivity contribution >= 4 is 28.8 Å². The average Bonchev–Trinajstić information content (AvgIpc) is 3.30. The Kier molecular flexibility index (Phi) is 6.29. The Morgan fingerprint density at radius 2 is 1.62 bits per heavy atom. The van der Waals surface area contributed by atoms with E-state index in [0.717, 1.165) is 52.3 Å². The first-order valence-corrected chi connectivity index (χ1v) is 12.6. The normalized spacial score (nSPS) is 13.9. The number of aromatic nitrogens is 5. The first-order chi connectivity index (χ1) is 18.3. The van der Waals surface area contributed by atoms with Crippen molar-refractivity contribution in [2.45, 2.75) is 26.2 Å². The zero-order chi connectivity index (χ0) is 25.0. The molecule has 4 heterocycles. The molecule has 0 bridgehead atoms. The van der Waals surface area contributed by atoms with Crippen LogP contribution in [0.4, 0.5) is 11.6 Å². The lowest BCUT2D eigenvalue weighted by Gasteiger charge is -2.29. The Morgan fingerprint density at radius 3 is 2.43 bits per heavy atom. The van der Waals surface area contributed by atoms with Gasteiger partial charge in [-0.25, -0.2) is 14.6 Å². The van der Waals surface area contributed by atoms with Gasteiger partial charge < -0.3 is 4.90 Å². The quantitative estimate of drug-likeness (QED) is 0.247. The van der Waals surface area contributed by atoms with Crippen LogP contribution in [0, 0.1) is 6.92 Å². The molecule has 0 radical (unpaired) electrons. The molecule has 0 atom stereocenters. The first kappa shape index (κ1) is 22.8. The number of nitrogens with zero attached hydrogens (tertiary/aromatic N) is 7. The van der Waals surface area contributed by atoms with Gasteiger partial charge in [0.2, 0.25) is 0 Å². The molecule has 8 heteroatoms. The third-order valence-corrected chi connectivity index (χ3v) is 6.64. The van der Waals surface area contributed by atoms with Crippen LogP contribution in [-0.4, -0.2) is 44.0 Å². The van der Waals surface area contributed by atoms with Gasteiger partial charge in [0, 0.05) is 36.4 Å². The zero-order valence-electron chi connectivity index (χ0n) is 20.7. The second kappa shape index (κ2) is 10.2. The molecule has 1 saturated heterocycles. The first-order valence-electron chi connectivity index (χ1n) is 12.6. The van der Waals surface area contributed by atoms with Crippen molar-refractivity contribution in [1.29, 1.82) is 0 Å². The maximum Gasteiger partial charge on any atom is 0.162 e. The zero-order valence-corrected chi connectivity index (χ0v) is 20.7. The van der Waals surface area contributed by atoms with E-state index in [4.69, 9.17) is 15.1 Å². The molecule has 0 amide bonds. The minimum Gasteiger partial charge on any atom is -0.356 e. The van der Waals surface area contributed by atoms with Crippen LogP contribution in [0.2, 0.25) is 0 Å². The van der Waals surface area contributed by atoms with Gasteiger partial charge in [0.25, 0.3) is 0 Å². The van der Waals surface area contributed by atoms with Crippen molar-refractivity contribution in [3.63, 3.8) is 0 Å². The highest BCUT2D eigenvalue weighted by molar-refractivity contribution is 5.92. The molecule has 2 aromatic carbocycles. The number of hydrogen-bond acceptors (Lipinski definition) is 7. The van der Waals surface area contributed by atoms with Gasteiger partial charge in [0.05, 0.1) is 28.7 Å². The molecule has 1 N–H and O–H groups in total. The number of fused-ring (bicyclic) bond motifs is 1. The number of nitrogens with one attached hydrogen (secondary N) is 1. The van der Waals surface area contributed by atoms with E-state index in [1.165, 1.54) is 19.3 Å². The molecule has 3 aromatic heterocycles. The number of pyridine rings is 1. The smallest absolute Gasteiger partial charge is 0.162 e. The maximum absolute atomic E-state index is 4.91. The molecule has 0 unspecified atom stereocenters. The van der Waals surface area contributed by atoms with Gasteiger partial charge in [0.15, 0.2) is 11.6 Å². The van der Waals surface area contributed by atoms with E-state index in [1.807, 2.05) is 72.4 Å². The van der Waals surface area contributed by atoms with Gasteiger partial charge in [-0.1, -0.05) is 30.3 Å². The molecular weight excluding hydrogens is 460 g/mol. The molecule has 6 rings (SSSR count). The molecule has 0 aliphatic carbocycles. The van der Waals surface area contributed by atoms with Crippen LogP contribution < -0.4 is 10.3 Å². The predicted molar refractivity (Wildman–Crippen MR) is 148 cm³/mol. The summed E-state index contributed by atoms with van der Waals surface area (Å²) in [6, 6.07) is 22.1. The van der Waals surface area contributed by atoms with E-state index in [0.29, 0.717) is 11.6 Å². The number of anilines is 2. The molecule has 37 heavy (non-hydrogen) atoms. The van der Waals surface area contributed by atoms with Crippen LogP contribution in [0.1, 0.15) is 30.5 Å². The monoisotopic (exact) mass is 488 g/mol. The van der Waals surface area contributed by atoms with Crippen molar-refractivity contribution in [3.05, 3.63) is 90.4 Å². The molecule has 0 spiro atoms. The van der Waals surface area contributed by atoms with Crippen LogP contribution in [0.5, 0.6) is 0 Å². The second-order valence-corrected chi connectivity index (χ2v) is 9.14. The summed E-state index contributed by atoms with van der Waals surface area (Å²) in [5.74, 6) is 2.36. The fourth-order valence-electron chi connectivity index (χ4n) is 4.79. The van der Waals surface area contributed by atoms with E-state index < -0.39 is 0 Å². The van der Waals surface area contributed by atoms with E-state index >= 15 is 0 Å². The lowest BCUT2D eigenvalue weighted by Crippen LogP contribution is -2.32. The summed E-state index contributed by atoms with van der Waals surface area (Å²) in [7, 11) is 0. The summed E-state index contributed by atoms with van der Waals surface area (Å²) >= 11 is 0. The summed E-state index contributed by atoms with van der Waals surface area (Å²) in [5, 5.41) is 10.5. The summed E-state index contributed by atoms with van der Waals surface area (Å²) in [5.41, 5.74) is 7.93. The minimum absolute atomic E-state index is 0.626. The maximum atomic E-state index is 4.91. The van der Waals surface area contributed by atoms with Crippen molar-refractivity contribution in [2.75, 3.05) is 23.4 Å². The van der Waals surface area contributed by atoms with Crippen molar-refractivity contribution < 1.29 is 0 Å². The fraction of sp³-hybridized carbons (Fsp3) is 0.207. The largest absolute Gasteiger partial charge is 0.356 e. The van der Waals surface area contributed by atoms with Gasteiger partial charge in [-0.2, -0.15) is 10.2 Å². The number of hydrogen-bond donors (Lipinski definition) is 1. The number of benzene rings is 2. The van der Waals surface area contributed by atoms with Gasteiger partial charge in [-0.3, -0.25) is 10.4 Å². The standard InChI is InChI=1S/C29H28N8/c1-21-25(29(36-18-8-3-9-19-36)37(35-21)23-10-4-2-5-11-23)20-31-34-28-24-12-6-7-13-26(24)32-27(33-28)22-14-16-30-17-15-22/h2,4-7,10-17,20H,3,8-9,18-19H2,1H3,(H,32,33,34)/b31-20+. The van der Waals surface area contributed by atoms with E-state index in [-0.39, 0.29) is 0 Å². The summed E-state index contributed by atoms with van der Waals surface area (Å²) in [6.07, 6.45) is 8.98. The molecule has 1 fully saturated rings. The van der Waals surface area contributed by atoms with E-state index in [2.05, 4.69) is 32.5 Å². The van der Waals surface area contributed by atoms with Crippen LogP contribution in [0.15, 0.2) is 84.2 Å². The predicted octanol–water partition coefficient (Wildman–Crippen LogP) is 5.62. The molecule has 8 nitrogen and oxygen atoms in total. The van der Waals surface area contributed by atoms with Crippen molar-refractivity contribution in [2.24, 2.45) is 5.10 Å². The number of rotatable bonds is 6.